The van der Waals surface area contributed by atoms with Crippen LogP contribution in [-0.2, 0) is 0 Å². The van der Waals surface area contributed by atoms with E-state index in [0.717, 1.165) is 39.8 Å². The number of nitrogens with one attached hydrogen (secondary N) is 2. The summed E-state index contributed by atoms with van der Waals surface area (Å²) < 4.78 is 16.5. The van der Waals surface area contributed by atoms with Gasteiger partial charge in [0, 0.05) is 28.8 Å². The Morgan fingerprint density at radius 3 is 2.63 bits per heavy atom. The topological polar surface area (TPSA) is 68.4 Å². The van der Waals surface area contributed by atoms with Crippen molar-refractivity contribution in [3.8, 4) is 28.5 Å². The highest BCUT2D eigenvalue weighted by Crippen LogP contribution is 2.50. The zero-order valence-electron chi connectivity index (χ0n) is 15.9. The number of anilines is 2. The first-order chi connectivity index (χ1) is 13.2. The molecule has 0 saturated carbocycles. The summed E-state index contributed by atoms with van der Waals surface area (Å²) in [6.45, 7) is 4.79. The van der Waals surface area contributed by atoms with Crippen LogP contribution in [0, 0.1) is 0 Å². The van der Waals surface area contributed by atoms with E-state index in [0.29, 0.717) is 12.4 Å². The second kappa shape index (κ2) is 6.87. The number of ether oxygens (including phenoxy) is 3. The van der Waals surface area contributed by atoms with E-state index in [9.17, 15) is 0 Å². The number of nitrogens with zero attached hydrogens (tertiary/aromatic N) is 1. The number of benzene rings is 2. The molecule has 0 bridgehead atoms. The minimum Gasteiger partial charge on any atom is -0.494 e. The van der Waals surface area contributed by atoms with Gasteiger partial charge in [-0.15, -0.1) is 0 Å². The van der Waals surface area contributed by atoms with Crippen molar-refractivity contribution in [3.05, 3.63) is 47.5 Å². The highest BCUT2D eigenvalue weighted by molar-refractivity contribution is 5.83. The van der Waals surface area contributed by atoms with Gasteiger partial charge < -0.3 is 19.5 Å². The van der Waals surface area contributed by atoms with Gasteiger partial charge in [0.1, 0.15) is 5.75 Å². The highest BCUT2D eigenvalue weighted by Gasteiger charge is 2.32. The second-order valence-corrected chi connectivity index (χ2v) is 6.46. The van der Waals surface area contributed by atoms with E-state index in [1.54, 1.807) is 14.2 Å². The fourth-order valence-corrected chi connectivity index (χ4v) is 3.66. The minimum atomic E-state index is 0.186. The molecular weight excluding hydrogens is 342 g/mol. The van der Waals surface area contributed by atoms with E-state index in [1.807, 2.05) is 43.3 Å². The van der Waals surface area contributed by atoms with Gasteiger partial charge in [-0.1, -0.05) is 13.0 Å². The quantitative estimate of drug-likeness (QED) is 0.663. The standard InChI is InChI=1S/C21H23N3O3/c1-5-27-14-8-6-7-13(9-14)22-21-19-12(2)15-10-17(25-3)18(26-4)11-16(15)20(19)23-24-21/h6-12H,5H2,1-4H3,(H2,22,23,24). The van der Waals surface area contributed by atoms with Crippen molar-refractivity contribution in [2.45, 2.75) is 19.8 Å². The lowest BCUT2D eigenvalue weighted by atomic mass is 9.99. The van der Waals surface area contributed by atoms with Gasteiger partial charge in [-0.3, -0.25) is 5.10 Å². The summed E-state index contributed by atoms with van der Waals surface area (Å²) in [5.74, 6) is 3.29. The molecule has 1 unspecified atom stereocenters. The number of rotatable bonds is 6. The number of aromatic nitrogens is 2. The number of H-pyrrole nitrogens is 1. The third kappa shape index (κ3) is 2.87. The number of aromatic amines is 1. The predicted molar refractivity (Wildman–Crippen MR) is 106 cm³/mol. The molecule has 6 nitrogen and oxygen atoms in total. The van der Waals surface area contributed by atoms with Crippen LogP contribution in [0.3, 0.4) is 0 Å². The van der Waals surface area contributed by atoms with Gasteiger partial charge in [-0.05, 0) is 36.8 Å². The molecule has 0 aliphatic heterocycles. The van der Waals surface area contributed by atoms with Crippen LogP contribution in [0.25, 0.3) is 11.3 Å². The van der Waals surface area contributed by atoms with E-state index >= 15 is 0 Å². The van der Waals surface area contributed by atoms with Crippen LogP contribution in [-0.4, -0.2) is 31.0 Å². The first kappa shape index (κ1) is 17.3. The van der Waals surface area contributed by atoms with Crippen LogP contribution in [0.1, 0.15) is 30.9 Å². The molecule has 0 spiro atoms. The summed E-state index contributed by atoms with van der Waals surface area (Å²) in [5, 5.41) is 11.1. The molecule has 1 aliphatic rings. The summed E-state index contributed by atoms with van der Waals surface area (Å²) in [6.07, 6.45) is 0. The zero-order chi connectivity index (χ0) is 19.0. The van der Waals surface area contributed by atoms with Crippen molar-refractivity contribution >= 4 is 11.5 Å². The Hall–Kier alpha value is -3.15. The predicted octanol–water partition coefficient (Wildman–Crippen LogP) is 4.70. The molecule has 3 aromatic rings. The average Bonchev–Trinajstić information content (AvgIpc) is 3.21. The largest absolute Gasteiger partial charge is 0.494 e. The summed E-state index contributed by atoms with van der Waals surface area (Å²) in [7, 11) is 3.30. The molecular formula is C21H23N3O3. The van der Waals surface area contributed by atoms with Gasteiger partial charge in [0.25, 0.3) is 0 Å². The maximum atomic E-state index is 5.59. The molecule has 4 rings (SSSR count). The smallest absolute Gasteiger partial charge is 0.161 e. The normalized spacial score (nSPS) is 14.4. The number of fused-ring (bicyclic) bond motifs is 3. The highest BCUT2D eigenvalue weighted by atomic mass is 16.5. The molecule has 0 fully saturated rings. The van der Waals surface area contributed by atoms with Crippen LogP contribution in [0.2, 0.25) is 0 Å². The summed E-state index contributed by atoms with van der Waals surface area (Å²) >= 11 is 0. The first-order valence-electron chi connectivity index (χ1n) is 9.00. The number of hydrogen-bond donors (Lipinski definition) is 2. The molecule has 0 amide bonds. The van der Waals surface area contributed by atoms with E-state index in [2.05, 4.69) is 22.4 Å². The summed E-state index contributed by atoms with van der Waals surface area (Å²) in [4.78, 5) is 0. The van der Waals surface area contributed by atoms with Crippen molar-refractivity contribution in [1.29, 1.82) is 0 Å². The van der Waals surface area contributed by atoms with Crippen molar-refractivity contribution in [3.63, 3.8) is 0 Å². The van der Waals surface area contributed by atoms with Crippen LogP contribution in [0.4, 0.5) is 11.5 Å². The summed E-state index contributed by atoms with van der Waals surface area (Å²) in [6, 6.07) is 11.9. The van der Waals surface area contributed by atoms with Crippen LogP contribution >= 0.6 is 0 Å². The Labute approximate surface area is 158 Å². The first-order valence-corrected chi connectivity index (χ1v) is 9.00. The third-order valence-corrected chi connectivity index (χ3v) is 4.94. The van der Waals surface area contributed by atoms with Crippen molar-refractivity contribution in [2.24, 2.45) is 0 Å². The molecule has 1 aliphatic carbocycles. The van der Waals surface area contributed by atoms with E-state index in [-0.39, 0.29) is 5.92 Å². The molecule has 140 valence electrons. The van der Waals surface area contributed by atoms with Gasteiger partial charge in [0.15, 0.2) is 17.3 Å². The van der Waals surface area contributed by atoms with E-state index < -0.39 is 0 Å². The fourth-order valence-electron chi connectivity index (χ4n) is 3.66. The summed E-state index contributed by atoms with van der Waals surface area (Å²) in [5.41, 5.74) is 5.39. The third-order valence-electron chi connectivity index (χ3n) is 4.94. The van der Waals surface area contributed by atoms with Crippen LogP contribution in [0.15, 0.2) is 36.4 Å². The van der Waals surface area contributed by atoms with Crippen molar-refractivity contribution in [1.82, 2.24) is 10.2 Å². The second-order valence-electron chi connectivity index (χ2n) is 6.46. The minimum absolute atomic E-state index is 0.186. The maximum Gasteiger partial charge on any atom is 0.161 e. The fraction of sp³-hybridized carbons (Fsp3) is 0.286. The average molecular weight is 365 g/mol. The SMILES string of the molecule is CCOc1cccc(Nc2n[nH]c3c2C(C)c2cc(OC)c(OC)cc2-3)c1. The lowest BCUT2D eigenvalue weighted by Crippen LogP contribution is -1.99. The van der Waals surface area contributed by atoms with Crippen molar-refractivity contribution in [2.75, 3.05) is 26.1 Å². The Bertz CT molecular complexity index is 981. The van der Waals surface area contributed by atoms with Gasteiger partial charge in [0.05, 0.1) is 26.5 Å². The van der Waals surface area contributed by atoms with E-state index in [4.69, 9.17) is 14.2 Å². The van der Waals surface area contributed by atoms with Crippen LogP contribution < -0.4 is 19.5 Å². The van der Waals surface area contributed by atoms with Gasteiger partial charge in [-0.25, -0.2) is 0 Å². The monoisotopic (exact) mass is 365 g/mol. The Morgan fingerprint density at radius 2 is 1.89 bits per heavy atom. The van der Waals surface area contributed by atoms with Crippen LogP contribution in [0.5, 0.6) is 17.2 Å². The maximum absolute atomic E-state index is 5.59. The Kier molecular flexibility index (Phi) is 4.39. The molecule has 2 N–H and O–H groups in total. The van der Waals surface area contributed by atoms with Crippen molar-refractivity contribution < 1.29 is 14.2 Å². The molecule has 27 heavy (non-hydrogen) atoms. The molecule has 1 aromatic heterocycles. The molecule has 6 heteroatoms. The molecule has 2 aromatic carbocycles. The van der Waals surface area contributed by atoms with Gasteiger partial charge in [-0.2, -0.15) is 5.10 Å². The van der Waals surface area contributed by atoms with Gasteiger partial charge in [0.2, 0.25) is 0 Å². The lowest BCUT2D eigenvalue weighted by Gasteiger charge is -2.13. The molecule has 1 heterocycles. The molecule has 1 atom stereocenters. The zero-order valence-corrected chi connectivity index (χ0v) is 15.9. The molecule has 0 saturated heterocycles. The molecule has 0 radical (unpaired) electrons. The number of methoxy groups -OCH3 is 2. The van der Waals surface area contributed by atoms with E-state index in [1.165, 1.54) is 5.56 Å². The Balaban J connectivity index is 1.71. The Morgan fingerprint density at radius 1 is 1.11 bits per heavy atom. The lowest BCUT2D eigenvalue weighted by molar-refractivity contribution is 0.340. The number of hydrogen-bond acceptors (Lipinski definition) is 5. The van der Waals surface area contributed by atoms with Gasteiger partial charge >= 0.3 is 0 Å².